The molecule has 0 saturated carbocycles. The summed E-state index contributed by atoms with van der Waals surface area (Å²) in [5.74, 6) is 0.468. The number of para-hydroxylation sites is 1. The van der Waals surface area contributed by atoms with E-state index in [0.29, 0.717) is 43.2 Å². The van der Waals surface area contributed by atoms with Crippen molar-refractivity contribution in [2.45, 2.75) is 13.2 Å². The summed E-state index contributed by atoms with van der Waals surface area (Å²) in [5.41, 5.74) is 2.16. The van der Waals surface area contributed by atoms with Gasteiger partial charge in [0.1, 0.15) is 11.6 Å². The lowest BCUT2D eigenvalue weighted by atomic mass is 10.1. The maximum Gasteiger partial charge on any atom is 0.270 e. The second-order valence-corrected chi connectivity index (χ2v) is 6.68. The Bertz CT molecular complexity index is 853. The summed E-state index contributed by atoms with van der Waals surface area (Å²) in [5, 5.41) is 11.2. The fourth-order valence-corrected chi connectivity index (χ4v) is 3.60. The van der Waals surface area contributed by atoms with Crippen molar-refractivity contribution in [3.8, 4) is 5.75 Å². The molecule has 0 amide bonds. The van der Waals surface area contributed by atoms with Gasteiger partial charge in [0.15, 0.2) is 6.79 Å². The maximum atomic E-state index is 14.0. The minimum absolute atomic E-state index is 0.0443. The number of nitro groups is 1. The van der Waals surface area contributed by atoms with Crippen LogP contribution < -0.4 is 9.64 Å². The standard InChI is InChI=1S/C19H20FN3O4/c20-17-3-1-2-4-18(17)22-7-5-21(6-8-22)11-14-9-16(23(24)25)10-15-12-26-13-27-19(14)15/h1-4,9-10H,5-8,11-13H2. The molecule has 2 heterocycles. The van der Waals surface area contributed by atoms with Crippen LogP contribution in [0, 0.1) is 15.9 Å². The Labute approximate surface area is 156 Å². The molecule has 142 valence electrons. The van der Waals surface area contributed by atoms with E-state index >= 15 is 0 Å². The van der Waals surface area contributed by atoms with Crippen molar-refractivity contribution in [2.75, 3.05) is 37.9 Å². The van der Waals surface area contributed by atoms with E-state index in [1.165, 1.54) is 12.1 Å². The van der Waals surface area contributed by atoms with Crippen LogP contribution in [0.4, 0.5) is 15.8 Å². The van der Waals surface area contributed by atoms with Gasteiger partial charge in [-0.25, -0.2) is 4.39 Å². The molecular formula is C19H20FN3O4. The van der Waals surface area contributed by atoms with Gasteiger partial charge in [-0.15, -0.1) is 0 Å². The molecule has 27 heavy (non-hydrogen) atoms. The Kier molecular flexibility index (Phi) is 4.91. The summed E-state index contributed by atoms with van der Waals surface area (Å²) in [6.07, 6.45) is 0. The topological polar surface area (TPSA) is 68.1 Å². The van der Waals surface area contributed by atoms with E-state index < -0.39 is 4.92 Å². The highest BCUT2D eigenvalue weighted by molar-refractivity contribution is 5.51. The van der Waals surface area contributed by atoms with Crippen molar-refractivity contribution in [1.29, 1.82) is 0 Å². The van der Waals surface area contributed by atoms with Gasteiger partial charge in [-0.05, 0) is 12.1 Å². The van der Waals surface area contributed by atoms with Gasteiger partial charge in [0.05, 0.1) is 17.2 Å². The molecule has 0 unspecified atom stereocenters. The molecule has 1 saturated heterocycles. The lowest BCUT2D eigenvalue weighted by molar-refractivity contribution is -0.385. The van der Waals surface area contributed by atoms with Crippen LogP contribution in [0.5, 0.6) is 5.75 Å². The van der Waals surface area contributed by atoms with E-state index in [4.69, 9.17) is 9.47 Å². The molecule has 2 aliphatic heterocycles. The number of hydrogen-bond donors (Lipinski definition) is 0. The van der Waals surface area contributed by atoms with Gasteiger partial charge in [-0.1, -0.05) is 12.1 Å². The number of ether oxygens (including phenoxy) is 2. The number of nitrogens with zero attached hydrogens (tertiary/aromatic N) is 3. The van der Waals surface area contributed by atoms with Gasteiger partial charge in [0.25, 0.3) is 5.69 Å². The summed E-state index contributed by atoms with van der Waals surface area (Å²) in [6.45, 7) is 3.88. The van der Waals surface area contributed by atoms with E-state index in [1.54, 1.807) is 18.2 Å². The predicted molar refractivity (Wildman–Crippen MR) is 97.3 cm³/mol. The van der Waals surface area contributed by atoms with E-state index in [2.05, 4.69) is 4.90 Å². The van der Waals surface area contributed by atoms with Gasteiger partial charge in [-0.2, -0.15) is 0 Å². The minimum Gasteiger partial charge on any atom is -0.467 e. The first-order valence-electron chi connectivity index (χ1n) is 8.84. The van der Waals surface area contributed by atoms with Crippen LogP contribution in [0.1, 0.15) is 11.1 Å². The molecule has 0 atom stereocenters. The fraction of sp³-hybridized carbons (Fsp3) is 0.368. The number of rotatable bonds is 4. The Morgan fingerprint density at radius 2 is 1.93 bits per heavy atom. The molecule has 0 aliphatic carbocycles. The van der Waals surface area contributed by atoms with Crippen molar-refractivity contribution in [3.63, 3.8) is 0 Å². The van der Waals surface area contributed by atoms with Crippen LogP contribution in [-0.4, -0.2) is 42.8 Å². The first-order chi connectivity index (χ1) is 13.1. The monoisotopic (exact) mass is 373 g/mol. The molecule has 2 aliphatic rings. The number of hydrogen-bond acceptors (Lipinski definition) is 6. The van der Waals surface area contributed by atoms with Crippen LogP contribution in [0.15, 0.2) is 36.4 Å². The quantitative estimate of drug-likeness (QED) is 0.606. The second kappa shape index (κ2) is 7.50. The second-order valence-electron chi connectivity index (χ2n) is 6.68. The van der Waals surface area contributed by atoms with Crippen LogP contribution in [-0.2, 0) is 17.9 Å². The zero-order valence-corrected chi connectivity index (χ0v) is 14.8. The number of halogens is 1. The molecule has 2 aromatic carbocycles. The smallest absolute Gasteiger partial charge is 0.270 e. The Hall–Kier alpha value is -2.71. The van der Waals surface area contributed by atoms with Gasteiger partial charge in [0, 0.05) is 56.0 Å². The van der Waals surface area contributed by atoms with E-state index in [0.717, 1.165) is 18.7 Å². The normalized spacial score (nSPS) is 17.3. The van der Waals surface area contributed by atoms with Crippen molar-refractivity contribution in [3.05, 3.63) is 63.5 Å². The zero-order valence-electron chi connectivity index (χ0n) is 14.8. The van der Waals surface area contributed by atoms with Gasteiger partial charge in [0.2, 0.25) is 0 Å². The third-order valence-electron chi connectivity index (χ3n) is 4.94. The largest absolute Gasteiger partial charge is 0.467 e. The van der Waals surface area contributed by atoms with Crippen molar-refractivity contribution in [1.82, 2.24) is 4.90 Å². The Morgan fingerprint density at radius 3 is 2.67 bits per heavy atom. The van der Waals surface area contributed by atoms with Gasteiger partial charge in [-0.3, -0.25) is 15.0 Å². The van der Waals surface area contributed by atoms with Crippen molar-refractivity contribution in [2.24, 2.45) is 0 Å². The minimum atomic E-state index is -0.394. The molecule has 0 N–H and O–H groups in total. The molecule has 0 spiro atoms. The molecule has 0 aromatic heterocycles. The highest BCUT2D eigenvalue weighted by Crippen LogP contribution is 2.33. The first-order valence-corrected chi connectivity index (χ1v) is 8.84. The molecule has 2 aromatic rings. The van der Waals surface area contributed by atoms with Crippen LogP contribution in [0.2, 0.25) is 0 Å². The lowest BCUT2D eigenvalue weighted by Crippen LogP contribution is -2.46. The highest BCUT2D eigenvalue weighted by Gasteiger charge is 2.24. The summed E-state index contributed by atoms with van der Waals surface area (Å²) in [6, 6.07) is 9.86. The summed E-state index contributed by atoms with van der Waals surface area (Å²) < 4.78 is 24.8. The molecule has 4 rings (SSSR count). The Balaban J connectivity index is 1.48. The van der Waals surface area contributed by atoms with Gasteiger partial charge < -0.3 is 14.4 Å². The third-order valence-corrected chi connectivity index (χ3v) is 4.94. The van der Waals surface area contributed by atoms with E-state index in [9.17, 15) is 14.5 Å². The number of fused-ring (bicyclic) bond motifs is 1. The predicted octanol–water partition coefficient (Wildman–Crippen LogP) is 2.92. The van der Waals surface area contributed by atoms with Crippen LogP contribution >= 0.6 is 0 Å². The average molecular weight is 373 g/mol. The SMILES string of the molecule is O=[N+]([O-])c1cc2c(c(CN3CCN(c4ccccc4F)CC3)c1)OCOC2. The molecular weight excluding hydrogens is 353 g/mol. The average Bonchev–Trinajstić information content (AvgIpc) is 2.69. The summed E-state index contributed by atoms with van der Waals surface area (Å²) in [7, 11) is 0. The Morgan fingerprint density at radius 1 is 1.15 bits per heavy atom. The van der Waals surface area contributed by atoms with Gasteiger partial charge >= 0.3 is 0 Å². The third kappa shape index (κ3) is 3.72. The lowest BCUT2D eigenvalue weighted by Gasteiger charge is -2.36. The molecule has 0 radical (unpaired) electrons. The van der Waals surface area contributed by atoms with E-state index in [-0.39, 0.29) is 18.3 Å². The zero-order chi connectivity index (χ0) is 18.8. The molecule has 0 bridgehead atoms. The molecule has 1 fully saturated rings. The number of anilines is 1. The summed E-state index contributed by atoms with van der Waals surface area (Å²) >= 11 is 0. The number of benzene rings is 2. The first kappa shape index (κ1) is 17.7. The van der Waals surface area contributed by atoms with Crippen LogP contribution in [0.25, 0.3) is 0 Å². The maximum absolute atomic E-state index is 14.0. The van der Waals surface area contributed by atoms with Crippen molar-refractivity contribution >= 4 is 11.4 Å². The van der Waals surface area contributed by atoms with Crippen molar-refractivity contribution < 1.29 is 18.8 Å². The number of piperazine rings is 1. The van der Waals surface area contributed by atoms with Crippen LogP contribution in [0.3, 0.4) is 0 Å². The number of non-ortho nitro benzene ring substituents is 1. The fourth-order valence-electron chi connectivity index (χ4n) is 3.60. The summed E-state index contributed by atoms with van der Waals surface area (Å²) in [4.78, 5) is 15.1. The molecule has 8 heteroatoms. The van der Waals surface area contributed by atoms with E-state index in [1.807, 2.05) is 11.0 Å². The molecule has 7 nitrogen and oxygen atoms in total. The highest BCUT2D eigenvalue weighted by atomic mass is 19.1. The number of nitro benzene ring substituents is 1.